The van der Waals surface area contributed by atoms with Crippen molar-refractivity contribution in [1.29, 1.82) is 0 Å². The largest absolute Gasteiger partial charge is 0.477 e. The van der Waals surface area contributed by atoms with Crippen molar-refractivity contribution in [3.63, 3.8) is 0 Å². The lowest BCUT2D eigenvalue weighted by atomic mass is 9.94. The van der Waals surface area contributed by atoms with E-state index in [-0.39, 0.29) is 17.0 Å². The standard InChI is InChI=1S/C18H17N5O3S/c1-2-11-4-3-6-22(9-11)7-5-12(13-8-19-21-20-13)15-16(24)23-14(18(25)26)10-27-17(15)23/h3-4,6,8-10,17H,2,5,7H2,1H3,(H-,19,20,21,24,25,26)/p+1/t17-/m1/s1. The Bertz CT molecular complexity index is 967. The molecule has 1 amide bonds. The van der Waals surface area contributed by atoms with E-state index in [9.17, 15) is 14.7 Å². The van der Waals surface area contributed by atoms with E-state index >= 15 is 0 Å². The van der Waals surface area contributed by atoms with Crippen molar-refractivity contribution in [3.8, 4) is 0 Å². The fraction of sp³-hybridized carbons (Fsp3) is 0.278. The normalized spacial score (nSPS) is 20.2. The first-order valence-corrected chi connectivity index (χ1v) is 9.54. The third kappa shape index (κ3) is 3.03. The van der Waals surface area contributed by atoms with E-state index in [0.29, 0.717) is 24.2 Å². The molecule has 27 heavy (non-hydrogen) atoms. The number of H-pyrrole nitrogens is 1. The van der Waals surface area contributed by atoms with Gasteiger partial charge in [0.15, 0.2) is 18.9 Å². The number of thioether (sulfide) groups is 1. The first kappa shape index (κ1) is 17.5. The van der Waals surface area contributed by atoms with Crippen molar-refractivity contribution >= 4 is 29.2 Å². The number of aromatic nitrogens is 4. The molecule has 2 aromatic rings. The number of amides is 1. The maximum absolute atomic E-state index is 12.7. The average Bonchev–Trinajstić information content (AvgIpc) is 3.33. The monoisotopic (exact) mass is 384 g/mol. The molecular formula is C18H18N5O3S+. The maximum Gasteiger partial charge on any atom is 0.353 e. The van der Waals surface area contributed by atoms with Crippen LogP contribution < -0.4 is 4.57 Å². The van der Waals surface area contributed by atoms with E-state index in [1.807, 2.05) is 12.3 Å². The Labute approximate surface area is 159 Å². The highest BCUT2D eigenvalue weighted by atomic mass is 32.2. The smallest absolute Gasteiger partial charge is 0.353 e. The Kier molecular flexibility index (Phi) is 4.53. The van der Waals surface area contributed by atoms with E-state index < -0.39 is 5.97 Å². The van der Waals surface area contributed by atoms with Crippen LogP contribution in [0.3, 0.4) is 0 Å². The molecule has 2 aromatic heterocycles. The van der Waals surface area contributed by atoms with Crippen LogP contribution in [0.25, 0.3) is 5.57 Å². The molecule has 0 bridgehead atoms. The Morgan fingerprint density at radius 3 is 3.04 bits per heavy atom. The number of allylic oxidation sites excluding steroid dienone is 1. The zero-order chi connectivity index (χ0) is 19.0. The van der Waals surface area contributed by atoms with Crippen molar-refractivity contribution in [2.45, 2.75) is 31.7 Å². The van der Waals surface area contributed by atoms with Gasteiger partial charge in [0.25, 0.3) is 5.91 Å². The second kappa shape index (κ2) is 6.99. The van der Waals surface area contributed by atoms with E-state index in [1.54, 1.807) is 6.20 Å². The summed E-state index contributed by atoms with van der Waals surface area (Å²) >= 11 is 1.33. The zero-order valence-corrected chi connectivity index (χ0v) is 15.4. The third-order valence-electron chi connectivity index (χ3n) is 4.71. The topological polar surface area (TPSA) is 103 Å². The van der Waals surface area contributed by atoms with Gasteiger partial charge in [-0.1, -0.05) is 6.92 Å². The molecule has 4 heterocycles. The summed E-state index contributed by atoms with van der Waals surface area (Å²) in [5.41, 5.74) is 3.30. The van der Waals surface area contributed by atoms with Crippen molar-refractivity contribution in [3.05, 3.63) is 58.7 Å². The molecule has 2 aliphatic heterocycles. The molecule has 0 unspecified atom stereocenters. The van der Waals surface area contributed by atoms with Gasteiger partial charge < -0.3 is 5.11 Å². The van der Waals surface area contributed by atoms with Gasteiger partial charge in [0.1, 0.15) is 16.8 Å². The Morgan fingerprint density at radius 2 is 2.33 bits per heavy atom. The highest BCUT2D eigenvalue weighted by Crippen LogP contribution is 2.47. The number of nitrogens with zero attached hydrogens (tertiary/aromatic N) is 4. The van der Waals surface area contributed by atoms with Gasteiger partial charge in [-0.05, 0) is 18.1 Å². The summed E-state index contributed by atoms with van der Waals surface area (Å²) in [6.45, 7) is 2.79. The van der Waals surface area contributed by atoms with Crippen LogP contribution in [0.2, 0.25) is 0 Å². The van der Waals surface area contributed by atoms with Crippen LogP contribution in [-0.4, -0.2) is 42.7 Å². The van der Waals surface area contributed by atoms with Gasteiger partial charge >= 0.3 is 5.97 Å². The fourth-order valence-electron chi connectivity index (χ4n) is 3.30. The summed E-state index contributed by atoms with van der Waals surface area (Å²) in [7, 11) is 0. The number of rotatable bonds is 6. The van der Waals surface area contributed by atoms with E-state index in [2.05, 4.69) is 39.2 Å². The Balaban J connectivity index is 1.62. The zero-order valence-electron chi connectivity index (χ0n) is 14.6. The molecular weight excluding hydrogens is 366 g/mol. The molecule has 138 valence electrons. The van der Waals surface area contributed by atoms with E-state index in [0.717, 1.165) is 12.0 Å². The second-order valence-electron chi connectivity index (χ2n) is 6.27. The molecule has 9 heteroatoms. The first-order chi connectivity index (χ1) is 13.1. The highest BCUT2D eigenvalue weighted by molar-refractivity contribution is 8.03. The van der Waals surface area contributed by atoms with Gasteiger partial charge in [-0.3, -0.25) is 9.69 Å². The number of carbonyl (C=O) groups is 2. The van der Waals surface area contributed by atoms with Crippen molar-refractivity contribution in [2.75, 3.05) is 0 Å². The van der Waals surface area contributed by atoms with Crippen LogP contribution in [0.4, 0.5) is 0 Å². The summed E-state index contributed by atoms with van der Waals surface area (Å²) in [5.74, 6) is -1.36. The molecule has 1 atom stereocenters. The Morgan fingerprint density at radius 1 is 1.48 bits per heavy atom. The average molecular weight is 384 g/mol. The van der Waals surface area contributed by atoms with Crippen molar-refractivity contribution in [2.24, 2.45) is 0 Å². The molecule has 2 aliphatic rings. The van der Waals surface area contributed by atoms with Crippen molar-refractivity contribution in [1.82, 2.24) is 20.3 Å². The van der Waals surface area contributed by atoms with Crippen LogP contribution in [0.15, 0.2) is 47.4 Å². The quantitative estimate of drug-likeness (QED) is 0.443. The number of nitrogens with one attached hydrogen (secondary N) is 1. The number of hydrogen-bond donors (Lipinski definition) is 2. The number of fused-ring (bicyclic) bond motifs is 1. The third-order valence-corrected chi connectivity index (χ3v) is 5.78. The van der Waals surface area contributed by atoms with Crippen LogP contribution in [-0.2, 0) is 22.6 Å². The van der Waals surface area contributed by atoms with Gasteiger partial charge in [-0.15, -0.1) is 11.8 Å². The number of β-lactam (4-membered cyclic amide) rings is 1. The molecule has 2 N–H and O–H groups in total. The molecule has 1 fully saturated rings. The number of aryl methyl sites for hydroxylation is 2. The summed E-state index contributed by atoms with van der Waals surface area (Å²) in [6.07, 6.45) is 7.23. The lowest BCUT2D eigenvalue weighted by Gasteiger charge is -2.38. The summed E-state index contributed by atoms with van der Waals surface area (Å²) in [5, 5.41) is 21.1. The van der Waals surface area contributed by atoms with E-state index in [1.165, 1.54) is 27.6 Å². The number of pyridine rings is 1. The van der Waals surface area contributed by atoms with E-state index in [4.69, 9.17) is 0 Å². The van der Waals surface area contributed by atoms with Crippen LogP contribution in [0, 0.1) is 0 Å². The fourth-order valence-corrected chi connectivity index (χ4v) is 4.48. The summed E-state index contributed by atoms with van der Waals surface area (Å²) in [4.78, 5) is 25.3. The first-order valence-electron chi connectivity index (χ1n) is 8.59. The minimum absolute atomic E-state index is 0.0308. The number of aliphatic carboxylic acids is 1. The SMILES string of the molecule is CCc1ccc[n+](CCC(=C2C(=O)N3C(C(=O)O)=CS[C@H]23)c2cn[nH]n2)c1. The maximum atomic E-state index is 12.7. The molecule has 0 spiro atoms. The Hall–Kier alpha value is -2.94. The lowest BCUT2D eigenvalue weighted by molar-refractivity contribution is -0.696. The van der Waals surface area contributed by atoms with Gasteiger partial charge in [-0.25, -0.2) is 9.36 Å². The minimum atomic E-state index is -1.09. The van der Waals surface area contributed by atoms with Gasteiger partial charge in [0.2, 0.25) is 0 Å². The number of hydrogen-bond acceptors (Lipinski definition) is 5. The predicted octanol–water partition coefficient (Wildman–Crippen LogP) is 1.34. The molecule has 0 aliphatic carbocycles. The lowest BCUT2D eigenvalue weighted by Crippen LogP contribution is -2.52. The molecule has 8 nitrogen and oxygen atoms in total. The van der Waals surface area contributed by atoms with Gasteiger partial charge in [0, 0.05) is 23.5 Å². The van der Waals surface area contributed by atoms with Crippen LogP contribution in [0.1, 0.15) is 24.6 Å². The van der Waals surface area contributed by atoms with Gasteiger partial charge in [0.05, 0.1) is 11.8 Å². The second-order valence-corrected chi connectivity index (χ2v) is 7.23. The van der Waals surface area contributed by atoms with Gasteiger partial charge in [-0.2, -0.15) is 15.4 Å². The molecule has 0 saturated carbocycles. The highest BCUT2D eigenvalue weighted by Gasteiger charge is 2.51. The molecule has 0 aromatic carbocycles. The predicted molar refractivity (Wildman–Crippen MR) is 97.9 cm³/mol. The molecule has 0 radical (unpaired) electrons. The number of carbonyl (C=O) groups excluding carboxylic acids is 1. The molecule has 4 rings (SSSR count). The number of carboxylic acids is 1. The number of aromatic amines is 1. The molecule has 1 saturated heterocycles. The number of carboxylic acid groups (broad SMARTS) is 1. The summed E-state index contributed by atoms with van der Waals surface area (Å²) < 4.78 is 2.09. The van der Waals surface area contributed by atoms with Crippen molar-refractivity contribution < 1.29 is 19.3 Å². The summed E-state index contributed by atoms with van der Waals surface area (Å²) in [6, 6.07) is 4.09. The minimum Gasteiger partial charge on any atom is -0.477 e. The van der Waals surface area contributed by atoms with Crippen LogP contribution >= 0.6 is 11.8 Å². The van der Waals surface area contributed by atoms with Crippen LogP contribution in [0.5, 0.6) is 0 Å².